The van der Waals surface area contributed by atoms with Gasteiger partial charge in [0.25, 0.3) is 0 Å². The summed E-state index contributed by atoms with van der Waals surface area (Å²) in [6.45, 7) is 3.85. The Hall–Kier alpha value is -2.10. The molecule has 2 aromatic rings. The number of amides is 1. The van der Waals surface area contributed by atoms with Crippen LogP contribution in [0, 0.1) is 6.92 Å². The molecule has 4 nitrogen and oxygen atoms in total. The van der Waals surface area contributed by atoms with Crippen LogP contribution in [-0.4, -0.2) is 17.4 Å². The standard InChI is InChI=1S/C13H14N2O2/c1-9(16)14-7-3-4-11-5-6-12-13(8-11)17-10(2)15-12/h3-6,8H,7H2,1-2H3,(H,14,16). The van der Waals surface area contributed by atoms with E-state index in [-0.39, 0.29) is 5.91 Å². The van der Waals surface area contributed by atoms with E-state index in [2.05, 4.69) is 10.3 Å². The highest BCUT2D eigenvalue weighted by Gasteiger charge is 2.01. The Labute approximate surface area is 99.3 Å². The second kappa shape index (κ2) is 4.82. The lowest BCUT2D eigenvalue weighted by Crippen LogP contribution is -2.19. The maximum Gasteiger partial charge on any atom is 0.217 e. The minimum absolute atomic E-state index is 0.0315. The van der Waals surface area contributed by atoms with Gasteiger partial charge in [-0.25, -0.2) is 4.98 Å². The zero-order valence-corrected chi connectivity index (χ0v) is 9.86. The van der Waals surface area contributed by atoms with Crippen molar-refractivity contribution < 1.29 is 9.21 Å². The van der Waals surface area contributed by atoms with Crippen molar-refractivity contribution in [2.24, 2.45) is 0 Å². The molecule has 1 heterocycles. The van der Waals surface area contributed by atoms with Gasteiger partial charge in [0.15, 0.2) is 11.5 Å². The zero-order valence-electron chi connectivity index (χ0n) is 9.86. The predicted molar refractivity (Wildman–Crippen MR) is 66.5 cm³/mol. The van der Waals surface area contributed by atoms with Gasteiger partial charge in [-0.1, -0.05) is 18.2 Å². The van der Waals surface area contributed by atoms with Crippen LogP contribution in [0.5, 0.6) is 0 Å². The summed E-state index contributed by atoms with van der Waals surface area (Å²) in [6.07, 6.45) is 3.83. The summed E-state index contributed by atoms with van der Waals surface area (Å²) in [5, 5.41) is 2.70. The first kappa shape index (κ1) is 11.4. The molecule has 0 aliphatic heterocycles. The third kappa shape index (κ3) is 2.93. The van der Waals surface area contributed by atoms with Crippen LogP contribution in [0.25, 0.3) is 17.2 Å². The molecule has 4 heteroatoms. The van der Waals surface area contributed by atoms with Gasteiger partial charge in [-0.2, -0.15) is 0 Å². The molecule has 0 radical (unpaired) electrons. The predicted octanol–water partition coefficient (Wildman–Crippen LogP) is 2.29. The van der Waals surface area contributed by atoms with Crippen LogP contribution < -0.4 is 5.32 Å². The van der Waals surface area contributed by atoms with Crippen LogP contribution in [0.2, 0.25) is 0 Å². The first-order valence-electron chi connectivity index (χ1n) is 5.43. The molecule has 1 aromatic heterocycles. The molecule has 0 saturated heterocycles. The van der Waals surface area contributed by atoms with Crippen LogP contribution in [0.1, 0.15) is 18.4 Å². The molecule has 17 heavy (non-hydrogen) atoms. The summed E-state index contributed by atoms with van der Waals surface area (Å²) in [7, 11) is 0. The summed E-state index contributed by atoms with van der Waals surface area (Å²) in [5.74, 6) is 0.635. The Balaban J connectivity index is 2.10. The van der Waals surface area contributed by atoms with Gasteiger partial charge in [-0.3, -0.25) is 4.79 Å². The number of aromatic nitrogens is 1. The number of hydrogen-bond acceptors (Lipinski definition) is 3. The lowest BCUT2D eigenvalue weighted by molar-refractivity contribution is -0.118. The van der Waals surface area contributed by atoms with E-state index in [0.717, 1.165) is 16.7 Å². The molecule has 1 N–H and O–H groups in total. The number of aryl methyl sites for hydroxylation is 1. The molecule has 1 amide bonds. The maximum absolute atomic E-state index is 10.7. The van der Waals surface area contributed by atoms with Crippen molar-refractivity contribution in [1.82, 2.24) is 10.3 Å². The van der Waals surface area contributed by atoms with Gasteiger partial charge in [0.05, 0.1) is 0 Å². The fraction of sp³-hybridized carbons (Fsp3) is 0.231. The molecule has 2 rings (SSSR count). The average molecular weight is 230 g/mol. The molecule has 88 valence electrons. The summed E-state index contributed by atoms with van der Waals surface area (Å²) in [6, 6.07) is 5.82. The van der Waals surface area contributed by atoms with E-state index in [0.29, 0.717) is 12.4 Å². The second-order valence-corrected chi connectivity index (χ2v) is 3.80. The summed E-state index contributed by atoms with van der Waals surface area (Å²) >= 11 is 0. The highest BCUT2D eigenvalue weighted by molar-refractivity contribution is 5.76. The van der Waals surface area contributed by atoms with E-state index < -0.39 is 0 Å². The Morgan fingerprint density at radius 3 is 3.12 bits per heavy atom. The molecule has 0 spiro atoms. The number of oxazole rings is 1. The summed E-state index contributed by atoms with van der Waals surface area (Å²) < 4.78 is 5.44. The summed E-state index contributed by atoms with van der Waals surface area (Å²) in [4.78, 5) is 14.9. The molecule has 0 aliphatic rings. The number of carbonyl (C=O) groups excluding carboxylic acids is 1. The third-order valence-corrected chi connectivity index (χ3v) is 2.30. The van der Waals surface area contributed by atoms with Crippen molar-refractivity contribution in [1.29, 1.82) is 0 Å². The molecular formula is C13H14N2O2. The fourth-order valence-electron chi connectivity index (χ4n) is 1.56. The number of nitrogens with zero attached hydrogens (tertiary/aromatic N) is 1. The van der Waals surface area contributed by atoms with Gasteiger partial charge < -0.3 is 9.73 Å². The highest BCUT2D eigenvalue weighted by atomic mass is 16.3. The second-order valence-electron chi connectivity index (χ2n) is 3.80. The normalized spacial score (nSPS) is 11.2. The van der Waals surface area contributed by atoms with E-state index in [4.69, 9.17) is 4.42 Å². The minimum Gasteiger partial charge on any atom is -0.441 e. The van der Waals surface area contributed by atoms with Crippen LogP contribution in [0.4, 0.5) is 0 Å². The van der Waals surface area contributed by atoms with Gasteiger partial charge in [0, 0.05) is 20.4 Å². The SMILES string of the molecule is CC(=O)NCC=Cc1ccc2nc(C)oc2c1. The largest absolute Gasteiger partial charge is 0.441 e. The van der Waals surface area contributed by atoms with Crippen molar-refractivity contribution in [3.05, 3.63) is 35.7 Å². The molecule has 0 bridgehead atoms. The Morgan fingerprint density at radius 2 is 2.35 bits per heavy atom. The van der Waals surface area contributed by atoms with Gasteiger partial charge in [-0.15, -0.1) is 0 Å². The lowest BCUT2D eigenvalue weighted by Gasteiger charge is -1.95. The Morgan fingerprint density at radius 1 is 1.53 bits per heavy atom. The van der Waals surface area contributed by atoms with E-state index >= 15 is 0 Å². The fourth-order valence-corrected chi connectivity index (χ4v) is 1.56. The van der Waals surface area contributed by atoms with Crippen molar-refractivity contribution in [2.45, 2.75) is 13.8 Å². The Bertz CT molecular complexity index is 570. The van der Waals surface area contributed by atoms with Crippen molar-refractivity contribution in [2.75, 3.05) is 6.54 Å². The zero-order chi connectivity index (χ0) is 12.3. The number of benzene rings is 1. The van der Waals surface area contributed by atoms with Gasteiger partial charge in [-0.05, 0) is 17.7 Å². The monoisotopic (exact) mass is 230 g/mol. The number of rotatable bonds is 3. The lowest BCUT2D eigenvalue weighted by atomic mass is 10.2. The van der Waals surface area contributed by atoms with Gasteiger partial charge >= 0.3 is 0 Å². The maximum atomic E-state index is 10.7. The molecule has 0 aliphatic carbocycles. The Kier molecular flexibility index (Phi) is 3.23. The molecular weight excluding hydrogens is 216 g/mol. The quantitative estimate of drug-likeness (QED) is 0.880. The molecule has 0 atom stereocenters. The summed E-state index contributed by atoms with van der Waals surface area (Å²) in [5.41, 5.74) is 2.67. The topological polar surface area (TPSA) is 55.1 Å². The van der Waals surface area contributed by atoms with Crippen LogP contribution in [0.15, 0.2) is 28.7 Å². The van der Waals surface area contributed by atoms with Gasteiger partial charge in [0.2, 0.25) is 5.91 Å². The number of carbonyl (C=O) groups is 1. The molecule has 1 aromatic carbocycles. The number of hydrogen-bond donors (Lipinski definition) is 1. The smallest absolute Gasteiger partial charge is 0.217 e. The van der Waals surface area contributed by atoms with E-state index in [1.807, 2.05) is 37.3 Å². The van der Waals surface area contributed by atoms with Crippen molar-refractivity contribution in [3.8, 4) is 0 Å². The van der Waals surface area contributed by atoms with Crippen molar-refractivity contribution >= 4 is 23.1 Å². The number of nitrogens with one attached hydrogen (secondary N) is 1. The van der Waals surface area contributed by atoms with Gasteiger partial charge in [0.1, 0.15) is 5.52 Å². The van der Waals surface area contributed by atoms with E-state index in [1.165, 1.54) is 6.92 Å². The minimum atomic E-state index is -0.0315. The third-order valence-electron chi connectivity index (χ3n) is 2.30. The molecule has 0 unspecified atom stereocenters. The van der Waals surface area contributed by atoms with E-state index in [1.54, 1.807) is 0 Å². The van der Waals surface area contributed by atoms with Crippen LogP contribution in [0.3, 0.4) is 0 Å². The van der Waals surface area contributed by atoms with Crippen molar-refractivity contribution in [3.63, 3.8) is 0 Å². The first-order chi connectivity index (χ1) is 8.15. The van der Waals surface area contributed by atoms with E-state index in [9.17, 15) is 4.79 Å². The highest BCUT2D eigenvalue weighted by Crippen LogP contribution is 2.17. The first-order valence-corrected chi connectivity index (χ1v) is 5.43. The molecule has 0 fully saturated rings. The van der Waals surface area contributed by atoms with Crippen LogP contribution in [-0.2, 0) is 4.79 Å². The molecule has 0 saturated carbocycles. The number of fused-ring (bicyclic) bond motifs is 1. The average Bonchev–Trinajstić information content (AvgIpc) is 2.63. The van der Waals surface area contributed by atoms with Crippen LogP contribution >= 0.6 is 0 Å².